The maximum atomic E-state index is 3.59. The van der Waals surface area contributed by atoms with Gasteiger partial charge < -0.3 is 5.32 Å². The first-order valence-corrected chi connectivity index (χ1v) is 7.05. The smallest absolute Gasteiger partial charge is 0.0485 e. The minimum atomic E-state index is 0.292. The average molecular weight is 261 g/mol. The molecule has 3 rings (SSSR count). The fourth-order valence-electron chi connectivity index (χ4n) is 2.53. The lowest BCUT2D eigenvalue weighted by Crippen LogP contribution is -2.07. The standard InChI is InChI=1S/C19H19N/c1-14-7-3-6-10-19(14)20-15(2)17-12-11-16-8-4-5-9-18(16)13-17/h3-13,15,20H,1-2H3. The third-order valence-corrected chi connectivity index (χ3v) is 3.79. The van der Waals surface area contributed by atoms with Crippen LogP contribution in [0.2, 0.25) is 0 Å². The van der Waals surface area contributed by atoms with Crippen molar-refractivity contribution in [2.24, 2.45) is 0 Å². The van der Waals surface area contributed by atoms with Crippen LogP contribution in [0.1, 0.15) is 24.1 Å². The number of fused-ring (bicyclic) bond motifs is 1. The van der Waals surface area contributed by atoms with Crippen LogP contribution in [0, 0.1) is 6.92 Å². The fraction of sp³-hybridized carbons (Fsp3) is 0.158. The summed E-state index contributed by atoms with van der Waals surface area (Å²) in [5, 5.41) is 6.18. The van der Waals surface area contributed by atoms with Gasteiger partial charge in [0.15, 0.2) is 0 Å². The highest BCUT2D eigenvalue weighted by Gasteiger charge is 2.07. The van der Waals surface area contributed by atoms with Crippen LogP contribution in [0.25, 0.3) is 10.8 Å². The number of rotatable bonds is 3. The van der Waals surface area contributed by atoms with E-state index in [0.29, 0.717) is 6.04 Å². The Kier molecular flexibility index (Phi) is 3.42. The predicted octanol–water partition coefficient (Wildman–Crippen LogP) is 5.32. The van der Waals surface area contributed by atoms with Crippen molar-refractivity contribution in [1.29, 1.82) is 0 Å². The van der Waals surface area contributed by atoms with E-state index in [1.165, 1.54) is 27.6 Å². The van der Waals surface area contributed by atoms with E-state index in [0.717, 1.165) is 0 Å². The Morgan fingerprint density at radius 1 is 0.800 bits per heavy atom. The van der Waals surface area contributed by atoms with Crippen LogP contribution in [0.4, 0.5) is 5.69 Å². The van der Waals surface area contributed by atoms with Crippen molar-refractivity contribution in [1.82, 2.24) is 0 Å². The van der Waals surface area contributed by atoms with Crippen LogP contribution >= 0.6 is 0 Å². The number of para-hydroxylation sites is 1. The number of anilines is 1. The third-order valence-electron chi connectivity index (χ3n) is 3.79. The van der Waals surface area contributed by atoms with Gasteiger partial charge in [0.25, 0.3) is 0 Å². The molecule has 20 heavy (non-hydrogen) atoms. The van der Waals surface area contributed by atoms with Gasteiger partial charge in [-0.3, -0.25) is 0 Å². The molecule has 3 aromatic rings. The van der Waals surface area contributed by atoms with E-state index in [4.69, 9.17) is 0 Å². The molecule has 0 aromatic heterocycles. The van der Waals surface area contributed by atoms with Gasteiger partial charge in [0, 0.05) is 11.7 Å². The molecular formula is C19H19N. The maximum absolute atomic E-state index is 3.59. The van der Waals surface area contributed by atoms with Crippen molar-refractivity contribution in [2.75, 3.05) is 5.32 Å². The quantitative estimate of drug-likeness (QED) is 0.672. The van der Waals surface area contributed by atoms with Gasteiger partial charge in [0.1, 0.15) is 0 Å². The van der Waals surface area contributed by atoms with Crippen LogP contribution in [0.3, 0.4) is 0 Å². The molecule has 0 bridgehead atoms. The minimum absolute atomic E-state index is 0.292. The monoisotopic (exact) mass is 261 g/mol. The molecule has 1 heteroatoms. The van der Waals surface area contributed by atoms with Crippen molar-refractivity contribution in [3.8, 4) is 0 Å². The van der Waals surface area contributed by atoms with Gasteiger partial charge in [-0.25, -0.2) is 0 Å². The van der Waals surface area contributed by atoms with E-state index in [1.54, 1.807) is 0 Å². The second-order valence-corrected chi connectivity index (χ2v) is 5.29. The molecule has 0 saturated heterocycles. The molecule has 0 aliphatic heterocycles. The summed E-state index contributed by atoms with van der Waals surface area (Å²) in [7, 11) is 0. The normalized spacial score (nSPS) is 12.3. The highest BCUT2D eigenvalue weighted by atomic mass is 14.9. The molecule has 1 nitrogen and oxygen atoms in total. The molecule has 0 fully saturated rings. The fourth-order valence-corrected chi connectivity index (χ4v) is 2.53. The van der Waals surface area contributed by atoms with Gasteiger partial charge in [-0.1, -0.05) is 54.6 Å². The lowest BCUT2D eigenvalue weighted by Gasteiger charge is -2.18. The number of hydrogen-bond acceptors (Lipinski definition) is 1. The molecule has 0 amide bonds. The van der Waals surface area contributed by atoms with Gasteiger partial charge in [-0.2, -0.15) is 0 Å². The van der Waals surface area contributed by atoms with Crippen molar-refractivity contribution in [3.63, 3.8) is 0 Å². The summed E-state index contributed by atoms with van der Waals surface area (Å²) in [4.78, 5) is 0. The average Bonchev–Trinajstić information content (AvgIpc) is 2.49. The molecule has 0 saturated carbocycles. The first kappa shape index (κ1) is 12.7. The summed E-state index contributed by atoms with van der Waals surface area (Å²) >= 11 is 0. The number of hydrogen-bond donors (Lipinski definition) is 1. The van der Waals surface area contributed by atoms with Gasteiger partial charge in [-0.05, 0) is 47.9 Å². The summed E-state index contributed by atoms with van der Waals surface area (Å²) in [5.41, 5.74) is 3.79. The van der Waals surface area contributed by atoms with E-state index in [1.807, 2.05) is 0 Å². The zero-order chi connectivity index (χ0) is 13.9. The van der Waals surface area contributed by atoms with Crippen molar-refractivity contribution in [2.45, 2.75) is 19.9 Å². The van der Waals surface area contributed by atoms with Gasteiger partial charge in [-0.15, -0.1) is 0 Å². The van der Waals surface area contributed by atoms with Crippen LogP contribution < -0.4 is 5.32 Å². The highest BCUT2D eigenvalue weighted by molar-refractivity contribution is 5.83. The number of benzene rings is 3. The zero-order valence-corrected chi connectivity index (χ0v) is 11.9. The summed E-state index contributed by atoms with van der Waals surface area (Å²) in [6.07, 6.45) is 0. The van der Waals surface area contributed by atoms with Gasteiger partial charge >= 0.3 is 0 Å². The maximum Gasteiger partial charge on any atom is 0.0485 e. The van der Waals surface area contributed by atoms with Crippen molar-refractivity contribution in [3.05, 3.63) is 77.9 Å². The Bertz CT molecular complexity index is 730. The summed E-state index contributed by atoms with van der Waals surface area (Å²) in [6.45, 7) is 4.34. The Morgan fingerprint density at radius 3 is 2.30 bits per heavy atom. The predicted molar refractivity (Wildman–Crippen MR) is 87.2 cm³/mol. The lowest BCUT2D eigenvalue weighted by molar-refractivity contribution is 0.885. The molecule has 3 aromatic carbocycles. The molecule has 1 N–H and O–H groups in total. The molecule has 100 valence electrons. The van der Waals surface area contributed by atoms with Crippen molar-refractivity contribution < 1.29 is 0 Å². The first-order chi connectivity index (χ1) is 9.74. The second kappa shape index (κ2) is 5.38. The molecule has 0 spiro atoms. The molecule has 0 heterocycles. The highest BCUT2D eigenvalue weighted by Crippen LogP contribution is 2.24. The van der Waals surface area contributed by atoms with E-state index < -0.39 is 0 Å². The number of nitrogens with one attached hydrogen (secondary N) is 1. The molecule has 1 atom stereocenters. The first-order valence-electron chi connectivity index (χ1n) is 7.05. The van der Waals surface area contributed by atoms with E-state index in [-0.39, 0.29) is 0 Å². The zero-order valence-electron chi connectivity index (χ0n) is 11.9. The van der Waals surface area contributed by atoms with Crippen LogP contribution in [0.5, 0.6) is 0 Å². The van der Waals surface area contributed by atoms with Crippen LogP contribution in [-0.2, 0) is 0 Å². The van der Waals surface area contributed by atoms with Crippen LogP contribution in [-0.4, -0.2) is 0 Å². The lowest BCUT2D eigenvalue weighted by atomic mass is 10.0. The van der Waals surface area contributed by atoms with Crippen molar-refractivity contribution >= 4 is 16.5 Å². The molecule has 0 aliphatic rings. The van der Waals surface area contributed by atoms with E-state index >= 15 is 0 Å². The summed E-state index contributed by atoms with van der Waals surface area (Å²) < 4.78 is 0. The van der Waals surface area contributed by atoms with Gasteiger partial charge in [0.05, 0.1) is 0 Å². The minimum Gasteiger partial charge on any atom is -0.378 e. The second-order valence-electron chi connectivity index (χ2n) is 5.29. The Hall–Kier alpha value is -2.28. The number of aryl methyl sites for hydroxylation is 1. The summed E-state index contributed by atoms with van der Waals surface area (Å²) in [5.74, 6) is 0. The third kappa shape index (κ3) is 2.53. The topological polar surface area (TPSA) is 12.0 Å². The summed E-state index contributed by atoms with van der Waals surface area (Å²) in [6, 6.07) is 23.9. The molecular weight excluding hydrogens is 242 g/mol. The van der Waals surface area contributed by atoms with E-state index in [9.17, 15) is 0 Å². The van der Waals surface area contributed by atoms with E-state index in [2.05, 4.69) is 85.9 Å². The van der Waals surface area contributed by atoms with Crippen LogP contribution in [0.15, 0.2) is 66.7 Å². The Balaban J connectivity index is 1.89. The largest absolute Gasteiger partial charge is 0.378 e. The molecule has 0 aliphatic carbocycles. The van der Waals surface area contributed by atoms with Gasteiger partial charge in [0.2, 0.25) is 0 Å². The Labute approximate surface area is 120 Å². The SMILES string of the molecule is Cc1ccccc1NC(C)c1ccc2ccccc2c1. The molecule has 0 radical (unpaired) electrons. The Morgan fingerprint density at radius 2 is 1.50 bits per heavy atom. The molecule has 1 unspecified atom stereocenters.